The van der Waals surface area contributed by atoms with E-state index in [1.165, 1.54) is 25.7 Å². The highest BCUT2D eigenvalue weighted by atomic mass is 35.5. The van der Waals surface area contributed by atoms with Gasteiger partial charge in [-0.3, -0.25) is 4.90 Å². The molecular weight excluding hydrogens is 424 g/mol. The number of unbranched alkanes of at least 4 members (excludes halogenated alkanes) is 2. The van der Waals surface area contributed by atoms with E-state index in [0.717, 1.165) is 52.1 Å². The molecule has 0 saturated carbocycles. The zero-order valence-corrected chi connectivity index (χ0v) is 20.4. The second kappa shape index (κ2) is 12.2. The largest absolute Gasteiger partial charge is 0.475 e. The van der Waals surface area contributed by atoms with E-state index in [2.05, 4.69) is 55.3 Å². The molecule has 1 heterocycles. The van der Waals surface area contributed by atoms with Gasteiger partial charge in [0, 0.05) is 34.6 Å². The molecule has 0 aliphatic heterocycles. The standard InChI is InChI=1S/C26H33ClN2OS/c1-4-7-17-29(18-8-5-2)25(6-3)30-23-15-11-20(12-16-23)24-19-31-26(28-24)21-9-13-22(27)14-10-21/h9-16,19,25H,4-8,17-18H2,1-3H3. The summed E-state index contributed by atoms with van der Waals surface area (Å²) < 4.78 is 6.39. The van der Waals surface area contributed by atoms with Crippen LogP contribution in [0, 0.1) is 0 Å². The number of thiazole rings is 1. The van der Waals surface area contributed by atoms with E-state index in [1.807, 2.05) is 24.3 Å². The second-order valence-electron chi connectivity index (χ2n) is 7.79. The molecule has 2 aromatic carbocycles. The smallest absolute Gasteiger partial charge is 0.152 e. The first-order valence-electron chi connectivity index (χ1n) is 11.4. The van der Waals surface area contributed by atoms with Crippen molar-refractivity contribution in [2.75, 3.05) is 13.1 Å². The Labute approximate surface area is 196 Å². The minimum absolute atomic E-state index is 0.125. The predicted molar refractivity (Wildman–Crippen MR) is 134 cm³/mol. The van der Waals surface area contributed by atoms with E-state index >= 15 is 0 Å². The Morgan fingerprint density at radius 1 is 0.903 bits per heavy atom. The Balaban J connectivity index is 1.68. The van der Waals surface area contributed by atoms with Gasteiger partial charge < -0.3 is 4.74 Å². The van der Waals surface area contributed by atoms with E-state index in [-0.39, 0.29) is 6.23 Å². The molecule has 3 rings (SSSR count). The first-order valence-corrected chi connectivity index (χ1v) is 12.6. The van der Waals surface area contributed by atoms with Gasteiger partial charge in [-0.25, -0.2) is 4.98 Å². The average Bonchev–Trinajstić information content (AvgIpc) is 3.29. The molecule has 0 fully saturated rings. The molecule has 0 bridgehead atoms. The van der Waals surface area contributed by atoms with Gasteiger partial charge in [-0.1, -0.05) is 57.3 Å². The Bertz CT molecular complexity index is 900. The molecule has 31 heavy (non-hydrogen) atoms. The molecule has 1 aromatic heterocycles. The molecule has 0 saturated heterocycles. The molecule has 1 unspecified atom stereocenters. The highest BCUT2D eigenvalue weighted by molar-refractivity contribution is 7.13. The lowest BCUT2D eigenvalue weighted by Gasteiger charge is -2.31. The minimum atomic E-state index is 0.125. The van der Waals surface area contributed by atoms with Gasteiger partial charge >= 0.3 is 0 Å². The highest BCUT2D eigenvalue weighted by Crippen LogP contribution is 2.30. The highest BCUT2D eigenvalue weighted by Gasteiger charge is 2.18. The van der Waals surface area contributed by atoms with E-state index in [4.69, 9.17) is 21.3 Å². The molecule has 0 aliphatic carbocycles. The van der Waals surface area contributed by atoms with Crippen molar-refractivity contribution in [1.29, 1.82) is 0 Å². The van der Waals surface area contributed by atoms with Crippen LogP contribution in [-0.2, 0) is 0 Å². The van der Waals surface area contributed by atoms with Crippen molar-refractivity contribution < 1.29 is 4.74 Å². The zero-order chi connectivity index (χ0) is 22.1. The van der Waals surface area contributed by atoms with Crippen molar-refractivity contribution in [3.05, 3.63) is 58.9 Å². The predicted octanol–water partition coefficient (Wildman–Crippen LogP) is 8.15. The van der Waals surface area contributed by atoms with Gasteiger partial charge in [0.1, 0.15) is 10.8 Å². The van der Waals surface area contributed by atoms with E-state index in [0.29, 0.717) is 0 Å². The summed E-state index contributed by atoms with van der Waals surface area (Å²) >= 11 is 7.65. The fourth-order valence-corrected chi connectivity index (χ4v) is 4.49. The molecule has 0 aliphatic rings. The molecule has 166 valence electrons. The maximum Gasteiger partial charge on any atom is 0.152 e. The molecule has 0 N–H and O–H groups in total. The summed E-state index contributed by atoms with van der Waals surface area (Å²) in [5.74, 6) is 0.918. The van der Waals surface area contributed by atoms with Crippen molar-refractivity contribution in [3.8, 4) is 27.6 Å². The van der Waals surface area contributed by atoms with Crippen LogP contribution in [0.5, 0.6) is 5.75 Å². The molecule has 3 aromatic rings. The first-order chi connectivity index (χ1) is 15.1. The summed E-state index contributed by atoms with van der Waals surface area (Å²) in [4.78, 5) is 7.31. The van der Waals surface area contributed by atoms with Crippen molar-refractivity contribution in [1.82, 2.24) is 9.88 Å². The number of hydrogen-bond donors (Lipinski definition) is 0. The van der Waals surface area contributed by atoms with E-state index < -0.39 is 0 Å². The van der Waals surface area contributed by atoms with Crippen LogP contribution in [0.1, 0.15) is 52.9 Å². The van der Waals surface area contributed by atoms with Crippen molar-refractivity contribution in [2.45, 2.75) is 59.1 Å². The van der Waals surface area contributed by atoms with Crippen LogP contribution >= 0.6 is 22.9 Å². The fraction of sp³-hybridized carbons (Fsp3) is 0.423. The summed E-state index contributed by atoms with van der Waals surface area (Å²) in [6.07, 6.45) is 5.94. The van der Waals surface area contributed by atoms with Crippen LogP contribution in [0.2, 0.25) is 5.02 Å². The van der Waals surface area contributed by atoms with Gasteiger partial charge in [-0.15, -0.1) is 11.3 Å². The van der Waals surface area contributed by atoms with Crippen LogP contribution < -0.4 is 4.74 Å². The third kappa shape index (κ3) is 6.80. The monoisotopic (exact) mass is 456 g/mol. The quantitative estimate of drug-likeness (QED) is 0.257. The lowest BCUT2D eigenvalue weighted by atomic mass is 10.1. The molecule has 0 spiro atoms. The summed E-state index contributed by atoms with van der Waals surface area (Å²) in [6, 6.07) is 16.2. The molecule has 0 amide bonds. The summed E-state index contributed by atoms with van der Waals surface area (Å²) in [5, 5.41) is 3.84. The summed E-state index contributed by atoms with van der Waals surface area (Å²) in [6.45, 7) is 8.89. The Hall–Kier alpha value is -1.88. The number of ether oxygens (including phenoxy) is 1. The number of halogens is 1. The molecule has 3 nitrogen and oxygen atoms in total. The second-order valence-corrected chi connectivity index (χ2v) is 9.09. The zero-order valence-electron chi connectivity index (χ0n) is 18.8. The van der Waals surface area contributed by atoms with Gasteiger partial charge in [0.25, 0.3) is 0 Å². The van der Waals surface area contributed by atoms with Crippen LogP contribution in [0.25, 0.3) is 21.8 Å². The van der Waals surface area contributed by atoms with Crippen LogP contribution in [0.3, 0.4) is 0 Å². The third-order valence-electron chi connectivity index (χ3n) is 5.37. The van der Waals surface area contributed by atoms with Crippen LogP contribution in [0.4, 0.5) is 0 Å². The topological polar surface area (TPSA) is 25.4 Å². The van der Waals surface area contributed by atoms with Crippen molar-refractivity contribution in [2.24, 2.45) is 0 Å². The Morgan fingerprint density at radius 2 is 1.52 bits per heavy atom. The van der Waals surface area contributed by atoms with Gasteiger partial charge in [0.05, 0.1) is 5.69 Å². The van der Waals surface area contributed by atoms with Gasteiger partial charge in [0.15, 0.2) is 6.23 Å². The third-order valence-corrected chi connectivity index (χ3v) is 6.52. The Kier molecular flexibility index (Phi) is 9.38. The number of aromatic nitrogens is 1. The summed E-state index contributed by atoms with van der Waals surface area (Å²) in [5.41, 5.74) is 3.18. The van der Waals surface area contributed by atoms with Crippen LogP contribution in [-0.4, -0.2) is 29.2 Å². The van der Waals surface area contributed by atoms with Crippen LogP contribution in [0.15, 0.2) is 53.9 Å². The summed E-state index contributed by atoms with van der Waals surface area (Å²) in [7, 11) is 0. The average molecular weight is 457 g/mol. The Morgan fingerprint density at radius 3 is 2.10 bits per heavy atom. The molecule has 0 radical (unpaired) electrons. The first kappa shape index (κ1) is 23.8. The number of rotatable bonds is 12. The fourth-order valence-electron chi connectivity index (χ4n) is 3.53. The minimum Gasteiger partial charge on any atom is -0.475 e. The maximum atomic E-state index is 6.39. The van der Waals surface area contributed by atoms with Crippen molar-refractivity contribution in [3.63, 3.8) is 0 Å². The maximum absolute atomic E-state index is 6.39. The number of hydrogen-bond acceptors (Lipinski definition) is 4. The van der Waals surface area contributed by atoms with Crippen molar-refractivity contribution >= 4 is 22.9 Å². The molecule has 5 heteroatoms. The molecular formula is C26H33ClN2OS. The number of nitrogens with zero attached hydrogens (tertiary/aromatic N) is 2. The van der Waals surface area contributed by atoms with Gasteiger partial charge in [-0.2, -0.15) is 0 Å². The van der Waals surface area contributed by atoms with Gasteiger partial charge in [0.2, 0.25) is 0 Å². The lowest BCUT2D eigenvalue weighted by molar-refractivity contribution is 0.0202. The van der Waals surface area contributed by atoms with E-state index in [9.17, 15) is 0 Å². The lowest BCUT2D eigenvalue weighted by Crippen LogP contribution is -2.40. The molecule has 1 atom stereocenters. The normalized spacial score (nSPS) is 12.3. The van der Waals surface area contributed by atoms with Gasteiger partial charge in [-0.05, 0) is 55.7 Å². The van der Waals surface area contributed by atoms with E-state index in [1.54, 1.807) is 11.3 Å². The number of benzene rings is 2. The SMILES string of the molecule is CCCCN(CCCC)C(CC)Oc1ccc(-c2csc(-c3ccc(Cl)cc3)n2)cc1.